The summed E-state index contributed by atoms with van der Waals surface area (Å²) in [7, 11) is 0. The average molecular weight is 248 g/mol. The quantitative estimate of drug-likeness (QED) is 0.834. The maximum absolute atomic E-state index is 9.01. The van der Waals surface area contributed by atoms with Crippen LogP contribution in [0.5, 0.6) is 0 Å². The first-order valence-electron chi connectivity index (χ1n) is 6.86. The van der Waals surface area contributed by atoms with Gasteiger partial charge in [-0.3, -0.25) is 4.90 Å². The summed E-state index contributed by atoms with van der Waals surface area (Å²) in [5.41, 5.74) is 8.55. The Labute approximate surface area is 110 Å². The molecule has 1 aromatic carbocycles. The van der Waals surface area contributed by atoms with Crippen LogP contribution >= 0.6 is 0 Å². The Morgan fingerprint density at radius 3 is 2.72 bits per heavy atom. The number of nitrogens with two attached hydrogens (primary N) is 1. The van der Waals surface area contributed by atoms with Crippen LogP contribution in [0.15, 0.2) is 24.3 Å². The predicted octanol–water partition coefficient (Wildman–Crippen LogP) is 1.70. The normalized spacial score (nSPS) is 22.3. The molecular weight excluding hydrogens is 224 g/mol. The molecule has 3 heteroatoms. The molecular formula is C15H24N2O. The Morgan fingerprint density at radius 2 is 2.11 bits per heavy atom. The Bertz CT molecular complexity index is 363. The van der Waals surface area contributed by atoms with E-state index >= 15 is 0 Å². The van der Waals surface area contributed by atoms with E-state index in [0.29, 0.717) is 25.1 Å². The SMILES string of the molecule is Cc1ccc(C(CN)N2CCC(CCO)C2)cc1. The first-order chi connectivity index (χ1) is 8.74. The number of aryl methyl sites for hydroxylation is 1. The summed E-state index contributed by atoms with van der Waals surface area (Å²) in [6, 6.07) is 9.01. The van der Waals surface area contributed by atoms with E-state index in [1.807, 2.05) is 0 Å². The standard InChI is InChI=1S/C15H24N2O/c1-12-2-4-14(5-3-12)15(10-16)17-8-6-13(11-17)7-9-18/h2-5,13,15,18H,6-11,16H2,1H3. The van der Waals surface area contributed by atoms with Crippen LogP contribution in [0.2, 0.25) is 0 Å². The second-order valence-electron chi connectivity index (χ2n) is 5.32. The zero-order chi connectivity index (χ0) is 13.0. The van der Waals surface area contributed by atoms with E-state index in [1.54, 1.807) is 0 Å². The molecule has 1 aliphatic heterocycles. The Morgan fingerprint density at radius 1 is 1.39 bits per heavy atom. The fourth-order valence-electron chi connectivity index (χ4n) is 2.85. The minimum Gasteiger partial charge on any atom is -0.396 e. The molecule has 0 aromatic heterocycles. The second kappa shape index (κ2) is 6.32. The lowest BCUT2D eigenvalue weighted by atomic mass is 10.0. The molecule has 2 unspecified atom stereocenters. The van der Waals surface area contributed by atoms with Crippen LogP contribution in [-0.2, 0) is 0 Å². The lowest BCUT2D eigenvalue weighted by Crippen LogP contribution is -2.32. The molecule has 1 aliphatic rings. The fourth-order valence-corrected chi connectivity index (χ4v) is 2.85. The molecule has 3 nitrogen and oxygen atoms in total. The van der Waals surface area contributed by atoms with Gasteiger partial charge in [-0.15, -0.1) is 0 Å². The molecule has 2 rings (SSSR count). The highest BCUT2D eigenvalue weighted by Crippen LogP contribution is 2.28. The van der Waals surface area contributed by atoms with Gasteiger partial charge in [0.15, 0.2) is 0 Å². The monoisotopic (exact) mass is 248 g/mol. The molecule has 0 amide bonds. The van der Waals surface area contributed by atoms with Gasteiger partial charge in [0.2, 0.25) is 0 Å². The van der Waals surface area contributed by atoms with Crippen molar-refractivity contribution in [2.24, 2.45) is 11.7 Å². The fraction of sp³-hybridized carbons (Fsp3) is 0.600. The molecule has 0 aliphatic carbocycles. The minimum atomic E-state index is 0.302. The van der Waals surface area contributed by atoms with Crippen molar-refractivity contribution >= 4 is 0 Å². The molecule has 0 spiro atoms. The number of hydrogen-bond donors (Lipinski definition) is 2. The van der Waals surface area contributed by atoms with E-state index in [0.717, 1.165) is 19.5 Å². The molecule has 100 valence electrons. The minimum absolute atomic E-state index is 0.302. The Hall–Kier alpha value is -0.900. The van der Waals surface area contributed by atoms with Gasteiger partial charge in [-0.05, 0) is 37.8 Å². The predicted molar refractivity (Wildman–Crippen MR) is 74.4 cm³/mol. The van der Waals surface area contributed by atoms with E-state index in [-0.39, 0.29) is 0 Å². The Balaban J connectivity index is 2.03. The van der Waals surface area contributed by atoms with E-state index in [2.05, 4.69) is 36.1 Å². The van der Waals surface area contributed by atoms with Crippen molar-refractivity contribution in [2.45, 2.75) is 25.8 Å². The van der Waals surface area contributed by atoms with Crippen molar-refractivity contribution in [3.05, 3.63) is 35.4 Å². The smallest absolute Gasteiger partial charge is 0.0470 e. The number of nitrogens with zero attached hydrogens (tertiary/aromatic N) is 1. The largest absolute Gasteiger partial charge is 0.396 e. The number of benzene rings is 1. The number of likely N-dealkylation sites (tertiary alicyclic amines) is 1. The molecule has 1 saturated heterocycles. The van der Waals surface area contributed by atoms with Crippen LogP contribution < -0.4 is 5.73 Å². The third kappa shape index (κ3) is 3.10. The van der Waals surface area contributed by atoms with Crippen molar-refractivity contribution in [3.8, 4) is 0 Å². The van der Waals surface area contributed by atoms with Crippen LogP contribution in [0.4, 0.5) is 0 Å². The number of rotatable bonds is 5. The molecule has 1 aromatic rings. The van der Waals surface area contributed by atoms with Crippen molar-refractivity contribution in [2.75, 3.05) is 26.2 Å². The van der Waals surface area contributed by atoms with Gasteiger partial charge in [-0.1, -0.05) is 29.8 Å². The summed E-state index contributed by atoms with van der Waals surface area (Å²) in [5.74, 6) is 0.634. The maximum atomic E-state index is 9.01. The molecule has 1 heterocycles. The van der Waals surface area contributed by atoms with Crippen LogP contribution in [-0.4, -0.2) is 36.2 Å². The van der Waals surface area contributed by atoms with E-state index in [1.165, 1.54) is 17.5 Å². The van der Waals surface area contributed by atoms with Crippen molar-refractivity contribution in [1.29, 1.82) is 0 Å². The number of hydrogen-bond acceptors (Lipinski definition) is 3. The van der Waals surface area contributed by atoms with Gasteiger partial charge in [0, 0.05) is 25.7 Å². The van der Waals surface area contributed by atoms with Crippen LogP contribution in [0.25, 0.3) is 0 Å². The third-order valence-electron chi connectivity index (χ3n) is 3.98. The summed E-state index contributed by atoms with van der Waals surface area (Å²) >= 11 is 0. The number of aliphatic hydroxyl groups excluding tert-OH is 1. The number of aliphatic hydroxyl groups is 1. The highest BCUT2D eigenvalue weighted by atomic mass is 16.3. The third-order valence-corrected chi connectivity index (χ3v) is 3.98. The topological polar surface area (TPSA) is 49.5 Å². The van der Waals surface area contributed by atoms with Gasteiger partial charge in [0.1, 0.15) is 0 Å². The van der Waals surface area contributed by atoms with Gasteiger partial charge in [0.05, 0.1) is 0 Å². The van der Waals surface area contributed by atoms with Gasteiger partial charge in [-0.25, -0.2) is 0 Å². The maximum Gasteiger partial charge on any atom is 0.0470 e. The van der Waals surface area contributed by atoms with E-state index < -0.39 is 0 Å². The summed E-state index contributed by atoms with van der Waals surface area (Å²) in [6.45, 7) is 5.23. The zero-order valence-corrected chi connectivity index (χ0v) is 11.2. The molecule has 2 atom stereocenters. The van der Waals surface area contributed by atoms with E-state index in [9.17, 15) is 0 Å². The first-order valence-corrected chi connectivity index (χ1v) is 6.86. The summed E-state index contributed by atoms with van der Waals surface area (Å²) < 4.78 is 0. The van der Waals surface area contributed by atoms with Gasteiger partial charge in [0.25, 0.3) is 0 Å². The highest BCUT2D eigenvalue weighted by molar-refractivity contribution is 5.24. The summed E-state index contributed by atoms with van der Waals surface area (Å²) in [5, 5.41) is 9.01. The van der Waals surface area contributed by atoms with Crippen LogP contribution in [0.3, 0.4) is 0 Å². The van der Waals surface area contributed by atoms with Crippen LogP contribution in [0, 0.1) is 12.8 Å². The summed E-state index contributed by atoms with van der Waals surface area (Å²) in [6.07, 6.45) is 2.10. The molecule has 3 N–H and O–H groups in total. The first kappa shape index (κ1) is 13.5. The summed E-state index contributed by atoms with van der Waals surface area (Å²) in [4.78, 5) is 2.46. The lowest BCUT2D eigenvalue weighted by Gasteiger charge is -2.27. The highest BCUT2D eigenvalue weighted by Gasteiger charge is 2.27. The molecule has 0 radical (unpaired) electrons. The molecule has 1 fully saturated rings. The molecule has 0 bridgehead atoms. The average Bonchev–Trinajstić information content (AvgIpc) is 2.82. The second-order valence-corrected chi connectivity index (χ2v) is 5.32. The lowest BCUT2D eigenvalue weighted by molar-refractivity contribution is 0.223. The van der Waals surface area contributed by atoms with Gasteiger partial charge < -0.3 is 10.8 Å². The zero-order valence-electron chi connectivity index (χ0n) is 11.2. The van der Waals surface area contributed by atoms with Gasteiger partial charge in [-0.2, -0.15) is 0 Å². The van der Waals surface area contributed by atoms with Crippen LogP contribution in [0.1, 0.15) is 30.0 Å². The van der Waals surface area contributed by atoms with Crippen molar-refractivity contribution in [3.63, 3.8) is 0 Å². The van der Waals surface area contributed by atoms with Gasteiger partial charge >= 0.3 is 0 Å². The van der Waals surface area contributed by atoms with E-state index in [4.69, 9.17) is 10.8 Å². The van der Waals surface area contributed by atoms with Crippen molar-refractivity contribution < 1.29 is 5.11 Å². The molecule has 18 heavy (non-hydrogen) atoms. The Kier molecular flexibility index (Phi) is 4.75. The molecule has 0 saturated carbocycles. The van der Waals surface area contributed by atoms with Crippen molar-refractivity contribution in [1.82, 2.24) is 4.90 Å².